The molecule has 0 bridgehead atoms. The second-order valence-electron chi connectivity index (χ2n) is 5.08. The number of nitrogen functional groups attached to an aromatic ring is 1. The molecule has 3 aromatic rings. The molecule has 0 saturated carbocycles. The van der Waals surface area contributed by atoms with Gasteiger partial charge >= 0.3 is 0 Å². The van der Waals surface area contributed by atoms with Gasteiger partial charge in [0.25, 0.3) is 0 Å². The molecule has 0 amide bonds. The van der Waals surface area contributed by atoms with E-state index in [1.807, 2.05) is 35.1 Å². The van der Waals surface area contributed by atoms with Crippen molar-refractivity contribution in [1.82, 2.24) is 9.78 Å². The van der Waals surface area contributed by atoms with Crippen molar-refractivity contribution in [3.8, 4) is 16.9 Å². The fourth-order valence-electron chi connectivity index (χ4n) is 2.23. The molecular formula is C17H17N3. The predicted molar refractivity (Wildman–Crippen MR) is 82.9 cm³/mol. The monoisotopic (exact) mass is 263 g/mol. The molecule has 100 valence electrons. The van der Waals surface area contributed by atoms with Gasteiger partial charge in [-0.25, -0.2) is 4.68 Å². The van der Waals surface area contributed by atoms with Crippen molar-refractivity contribution in [3.63, 3.8) is 0 Å². The molecule has 3 rings (SSSR count). The molecule has 1 aromatic heterocycles. The van der Waals surface area contributed by atoms with Crippen molar-refractivity contribution in [3.05, 3.63) is 65.9 Å². The lowest BCUT2D eigenvalue weighted by molar-refractivity contribution is 0.884. The summed E-state index contributed by atoms with van der Waals surface area (Å²) in [6.07, 6.45) is 1.86. The van der Waals surface area contributed by atoms with Gasteiger partial charge in [-0.15, -0.1) is 0 Å². The molecule has 0 atom stereocenters. The first-order valence-electron chi connectivity index (χ1n) is 6.63. The zero-order valence-electron chi connectivity index (χ0n) is 11.7. The van der Waals surface area contributed by atoms with Crippen LogP contribution in [0.15, 0.2) is 54.7 Å². The van der Waals surface area contributed by atoms with Crippen LogP contribution in [0.2, 0.25) is 0 Å². The number of benzene rings is 2. The number of hydrogen-bond acceptors (Lipinski definition) is 2. The van der Waals surface area contributed by atoms with Crippen molar-refractivity contribution in [1.29, 1.82) is 0 Å². The third-order valence-electron chi connectivity index (χ3n) is 3.33. The van der Waals surface area contributed by atoms with E-state index in [4.69, 9.17) is 5.73 Å². The van der Waals surface area contributed by atoms with Crippen LogP contribution in [-0.2, 0) is 0 Å². The lowest BCUT2D eigenvalue weighted by atomic mass is 10.1. The molecule has 1 heterocycles. The first-order chi connectivity index (χ1) is 9.63. The van der Waals surface area contributed by atoms with E-state index in [0.717, 1.165) is 16.9 Å². The first kappa shape index (κ1) is 12.5. The van der Waals surface area contributed by atoms with Crippen LogP contribution in [0, 0.1) is 13.8 Å². The molecule has 0 aliphatic heterocycles. The van der Waals surface area contributed by atoms with Crippen LogP contribution in [0.3, 0.4) is 0 Å². The molecular weight excluding hydrogens is 246 g/mol. The van der Waals surface area contributed by atoms with Crippen LogP contribution in [-0.4, -0.2) is 9.78 Å². The highest BCUT2D eigenvalue weighted by Gasteiger charge is 2.09. The van der Waals surface area contributed by atoms with E-state index >= 15 is 0 Å². The van der Waals surface area contributed by atoms with Crippen molar-refractivity contribution in [2.24, 2.45) is 0 Å². The van der Waals surface area contributed by atoms with Crippen LogP contribution >= 0.6 is 0 Å². The fraction of sp³-hybridized carbons (Fsp3) is 0.118. The Morgan fingerprint density at radius 1 is 0.950 bits per heavy atom. The Balaban J connectivity index is 2.05. The third kappa shape index (κ3) is 2.30. The Morgan fingerprint density at radius 3 is 2.40 bits per heavy atom. The van der Waals surface area contributed by atoms with E-state index in [2.05, 4.69) is 43.2 Å². The summed E-state index contributed by atoms with van der Waals surface area (Å²) in [5.74, 6) is 0. The van der Waals surface area contributed by atoms with Crippen molar-refractivity contribution < 1.29 is 0 Å². The summed E-state index contributed by atoms with van der Waals surface area (Å²) < 4.78 is 1.83. The molecule has 0 aliphatic rings. The molecule has 20 heavy (non-hydrogen) atoms. The maximum atomic E-state index is 6.11. The minimum atomic E-state index is 0.691. The standard InChI is InChI=1S/C17H17N3/c1-12-6-8-15(9-7-12)20-11-16(18)17(19-20)14-5-3-4-13(2)10-14/h3-11H,18H2,1-2H3. The molecule has 0 unspecified atom stereocenters. The van der Waals surface area contributed by atoms with Gasteiger partial charge in [0.05, 0.1) is 17.6 Å². The Labute approximate surface area is 118 Å². The van der Waals surface area contributed by atoms with Gasteiger partial charge in [0, 0.05) is 5.56 Å². The van der Waals surface area contributed by atoms with Gasteiger partial charge in [0.15, 0.2) is 0 Å². The lowest BCUT2D eigenvalue weighted by Gasteiger charge is -2.02. The number of nitrogens with zero attached hydrogens (tertiary/aromatic N) is 2. The molecule has 2 N–H and O–H groups in total. The number of hydrogen-bond donors (Lipinski definition) is 1. The summed E-state index contributed by atoms with van der Waals surface area (Å²) in [6, 6.07) is 16.4. The second-order valence-corrected chi connectivity index (χ2v) is 5.08. The van der Waals surface area contributed by atoms with Crippen LogP contribution in [0.5, 0.6) is 0 Å². The highest BCUT2D eigenvalue weighted by molar-refractivity contribution is 5.72. The Morgan fingerprint density at radius 2 is 1.70 bits per heavy atom. The minimum absolute atomic E-state index is 0.691. The molecule has 0 spiro atoms. The van der Waals surface area contributed by atoms with E-state index in [0.29, 0.717) is 5.69 Å². The zero-order chi connectivity index (χ0) is 14.1. The molecule has 0 fully saturated rings. The quantitative estimate of drug-likeness (QED) is 0.765. The molecule has 0 aliphatic carbocycles. The summed E-state index contributed by atoms with van der Waals surface area (Å²) in [6.45, 7) is 4.13. The van der Waals surface area contributed by atoms with Crippen molar-refractivity contribution in [2.45, 2.75) is 13.8 Å². The first-order valence-corrected chi connectivity index (χ1v) is 6.63. The second kappa shape index (κ2) is 4.85. The van der Waals surface area contributed by atoms with E-state index < -0.39 is 0 Å². The third-order valence-corrected chi connectivity index (χ3v) is 3.33. The molecule has 2 aromatic carbocycles. The summed E-state index contributed by atoms with van der Waals surface area (Å²) in [7, 11) is 0. The Bertz CT molecular complexity index is 739. The maximum Gasteiger partial charge on any atom is 0.116 e. The number of aryl methyl sites for hydroxylation is 2. The van der Waals surface area contributed by atoms with Gasteiger partial charge < -0.3 is 5.73 Å². The SMILES string of the molecule is Cc1ccc(-n2cc(N)c(-c3cccc(C)c3)n2)cc1. The zero-order valence-corrected chi connectivity index (χ0v) is 11.7. The summed E-state index contributed by atoms with van der Waals surface area (Å²) in [4.78, 5) is 0. The molecule has 0 radical (unpaired) electrons. The van der Waals surface area contributed by atoms with Crippen LogP contribution in [0.25, 0.3) is 16.9 Å². The largest absolute Gasteiger partial charge is 0.396 e. The van der Waals surface area contributed by atoms with Crippen LogP contribution in [0.1, 0.15) is 11.1 Å². The lowest BCUT2D eigenvalue weighted by Crippen LogP contribution is -1.94. The van der Waals surface area contributed by atoms with E-state index in [1.165, 1.54) is 11.1 Å². The van der Waals surface area contributed by atoms with Crippen molar-refractivity contribution >= 4 is 5.69 Å². The highest BCUT2D eigenvalue weighted by atomic mass is 15.3. The van der Waals surface area contributed by atoms with E-state index in [9.17, 15) is 0 Å². The molecule has 3 heteroatoms. The number of anilines is 1. The average Bonchev–Trinajstić information content (AvgIpc) is 2.82. The maximum absolute atomic E-state index is 6.11. The van der Waals surface area contributed by atoms with Gasteiger partial charge in [-0.05, 0) is 32.0 Å². The average molecular weight is 263 g/mol. The van der Waals surface area contributed by atoms with Gasteiger partial charge in [-0.2, -0.15) is 5.10 Å². The topological polar surface area (TPSA) is 43.8 Å². The van der Waals surface area contributed by atoms with Gasteiger partial charge in [0.2, 0.25) is 0 Å². The van der Waals surface area contributed by atoms with Crippen molar-refractivity contribution in [2.75, 3.05) is 5.73 Å². The van der Waals surface area contributed by atoms with Crippen LogP contribution < -0.4 is 5.73 Å². The van der Waals surface area contributed by atoms with E-state index in [1.54, 1.807) is 0 Å². The smallest absolute Gasteiger partial charge is 0.116 e. The minimum Gasteiger partial charge on any atom is -0.396 e. The fourth-order valence-corrected chi connectivity index (χ4v) is 2.23. The highest BCUT2D eigenvalue weighted by Crippen LogP contribution is 2.26. The molecule has 0 saturated heterocycles. The predicted octanol–water partition coefficient (Wildman–Crippen LogP) is 3.74. The normalized spacial score (nSPS) is 10.7. The summed E-state index contributed by atoms with van der Waals surface area (Å²) in [5, 5.41) is 4.61. The molecule has 3 nitrogen and oxygen atoms in total. The number of aromatic nitrogens is 2. The van der Waals surface area contributed by atoms with Gasteiger partial charge in [-0.1, -0.05) is 41.5 Å². The Kier molecular flexibility index (Phi) is 3.03. The van der Waals surface area contributed by atoms with Crippen LogP contribution in [0.4, 0.5) is 5.69 Å². The van der Waals surface area contributed by atoms with Gasteiger partial charge in [0.1, 0.15) is 5.69 Å². The Hall–Kier alpha value is -2.55. The summed E-state index contributed by atoms with van der Waals surface area (Å²) >= 11 is 0. The summed E-state index contributed by atoms with van der Waals surface area (Å²) in [5.41, 5.74) is 12.1. The van der Waals surface area contributed by atoms with Gasteiger partial charge in [-0.3, -0.25) is 0 Å². The van der Waals surface area contributed by atoms with E-state index in [-0.39, 0.29) is 0 Å². The number of nitrogens with two attached hydrogens (primary N) is 1. The number of rotatable bonds is 2.